The van der Waals surface area contributed by atoms with E-state index in [1.807, 2.05) is 43.3 Å². The maximum Gasteiger partial charge on any atom is 0.255 e. The summed E-state index contributed by atoms with van der Waals surface area (Å²) in [6.07, 6.45) is 1.20. The molecular weight excluding hydrogens is 364 g/mol. The lowest BCUT2D eigenvalue weighted by Crippen LogP contribution is -2.15. The van der Waals surface area contributed by atoms with Crippen LogP contribution in [0, 0.1) is 0 Å². The average Bonchev–Trinajstić information content (AvgIpc) is 2.73. The van der Waals surface area contributed by atoms with E-state index in [0.29, 0.717) is 35.7 Å². The summed E-state index contributed by atoms with van der Waals surface area (Å²) < 4.78 is 5.58. The van der Waals surface area contributed by atoms with Crippen LogP contribution in [0.4, 0.5) is 11.4 Å². The topological polar surface area (TPSA) is 67.4 Å². The van der Waals surface area contributed by atoms with E-state index in [-0.39, 0.29) is 11.8 Å². The highest BCUT2D eigenvalue weighted by Gasteiger charge is 2.09. The molecule has 0 aromatic heterocycles. The molecule has 0 bridgehead atoms. The average molecular weight is 388 g/mol. The molecule has 2 N–H and O–H groups in total. The number of amides is 2. The van der Waals surface area contributed by atoms with Crippen molar-refractivity contribution in [2.24, 2.45) is 0 Å². The first-order valence-corrected chi connectivity index (χ1v) is 9.62. The Morgan fingerprint density at radius 2 is 1.55 bits per heavy atom. The maximum absolute atomic E-state index is 12.6. The molecule has 5 heteroatoms. The van der Waals surface area contributed by atoms with Gasteiger partial charge in [0, 0.05) is 16.9 Å². The van der Waals surface area contributed by atoms with Gasteiger partial charge in [0.2, 0.25) is 5.91 Å². The van der Waals surface area contributed by atoms with Crippen LogP contribution in [0.3, 0.4) is 0 Å². The van der Waals surface area contributed by atoms with Gasteiger partial charge in [-0.2, -0.15) is 0 Å². The number of hydrogen-bond donors (Lipinski definition) is 2. The number of hydrogen-bond acceptors (Lipinski definition) is 3. The van der Waals surface area contributed by atoms with Crippen molar-refractivity contribution in [1.82, 2.24) is 0 Å². The van der Waals surface area contributed by atoms with Crippen LogP contribution in [0.5, 0.6) is 5.75 Å². The van der Waals surface area contributed by atoms with Crippen molar-refractivity contribution >= 4 is 23.2 Å². The molecule has 0 fully saturated rings. The number of rotatable bonds is 8. The lowest BCUT2D eigenvalue weighted by atomic mass is 10.1. The molecular formula is C24H24N2O3. The molecule has 0 aliphatic rings. The first kappa shape index (κ1) is 20.1. The number of anilines is 2. The summed E-state index contributed by atoms with van der Waals surface area (Å²) >= 11 is 0. The molecule has 0 saturated carbocycles. The summed E-state index contributed by atoms with van der Waals surface area (Å²) in [4.78, 5) is 24.8. The van der Waals surface area contributed by atoms with Crippen molar-refractivity contribution < 1.29 is 14.3 Å². The summed E-state index contributed by atoms with van der Waals surface area (Å²) in [5.41, 5.74) is 2.69. The molecule has 148 valence electrons. The first-order chi connectivity index (χ1) is 14.1. The predicted molar refractivity (Wildman–Crippen MR) is 115 cm³/mol. The molecule has 0 spiro atoms. The molecule has 0 saturated heterocycles. The van der Waals surface area contributed by atoms with Gasteiger partial charge in [0.1, 0.15) is 5.75 Å². The highest BCUT2D eigenvalue weighted by molar-refractivity contribution is 6.05. The van der Waals surface area contributed by atoms with E-state index in [1.54, 1.807) is 42.5 Å². The van der Waals surface area contributed by atoms with Gasteiger partial charge in [-0.25, -0.2) is 0 Å². The van der Waals surface area contributed by atoms with Gasteiger partial charge in [-0.3, -0.25) is 9.59 Å². The smallest absolute Gasteiger partial charge is 0.255 e. The lowest BCUT2D eigenvalue weighted by Gasteiger charge is -2.10. The van der Waals surface area contributed by atoms with Gasteiger partial charge in [0.25, 0.3) is 5.91 Å². The Bertz CT molecular complexity index is 971. The Balaban J connectivity index is 1.62. The second kappa shape index (κ2) is 10.1. The molecule has 0 aliphatic heterocycles. The van der Waals surface area contributed by atoms with Crippen molar-refractivity contribution in [3.63, 3.8) is 0 Å². The van der Waals surface area contributed by atoms with E-state index in [9.17, 15) is 9.59 Å². The first-order valence-electron chi connectivity index (χ1n) is 9.62. The maximum atomic E-state index is 12.6. The third-order valence-corrected chi connectivity index (χ3v) is 4.18. The second-order valence-electron chi connectivity index (χ2n) is 6.62. The van der Waals surface area contributed by atoms with Crippen molar-refractivity contribution in [2.75, 3.05) is 17.2 Å². The molecule has 0 heterocycles. The molecule has 29 heavy (non-hydrogen) atoms. The van der Waals surface area contributed by atoms with Crippen molar-refractivity contribution in [2.45, 2.75) is 19.8 Å². The SMILES string of the molecule is CCCOc1cccc(C(=O)Nc2cccc(NC(=O)Cc3ccccc3)c2)c1. The van der Waals surface area contributed by atoms with Gasteiger partial charge >= 0.3 is 0 Å². The summed E-state index contributed by atoms with van der Waals surface area (Å²) in [5, 5.41) is 5.72. The van der Waals surface area contributed by atoms with Gasteiger partial charge < -0.3 is 15.4 Å². The summed E-state index contributed by atoms with van der Waals surface area (Å²) in [7, 11) is 0. The molecule has 3 rings (SSSR count). The van der Waals surface area contributed by atoms with E-state index in [2.05, 4.69) is 10.6 Å². The van der Waals surface area contributed by atoms with Crippen LogP contribution in [-0.2, 0) is 11.2 Å². The van der Waals surface area contributed by atoms with Crippen molar-refractivity contribution in [3.05, 3.63) is 90.0 Å². The van der Waals surface area contributed by atoms with E-state index in [4.69, 9.17) is 4.74 Å². The molecule has 0 radical (unpaired) electrons. The number of benzene rings is 3. The van der Waals surface area contributed by atoms with Crippen molar-refractivity contribution in [1.29, 1.82) is 0 Å². The molecule has 0 atom stereocenters. The monoisotopic (exact) mass is 388 g/mol. The van der Waals surface area contributed by atoms with Crippen LogP contribution in [0.25, 0.3) is 0 Å². The van der Waals surface area contributed by atoms with Crippen LogP contribution >= 0.6 is 0 Å². The predicted octanol–water partition coefficient (Wildman–Crippen LogP) is 4.91. The van der Waals surface area contributed by atoms with Crippen LogP contribution in [0.1, 0.15) is 29.3 Å². The van der Waals surface area contributed by atoms with Crippen LogP contribution in [0.2, 0.25) is 0 Å². The zero-order valence-corrected chi connectivity index (χ0v) is 16.4. The fourth-order valence-electron chi connectivity index (χ4n) is 2.81. The third-order valence-electron chi connectivity index (χ3n) is 4.18. The standard InChI is InChI=1S/C24H24N2O3/c1-2-14-29-22-13-6-10-19(16-22)24(28)26-21-12-7-11-20(17-21)25-23(27)15-18-8-4-3-5-9-18/h3-13,16-17H,2,14-15H2,1H3,(H,25,27)(H,26,28). The molecule has 3 aromatic carbocycles. The van der Waals surface area contributed by atoms with Gasteiger partial charge in [0.05, 0.1) is 13.0 Å². The van der Waals surface area contributed by atoms with Crippen LogP contribution in [-0.4, -0.2) is 18.4 Å². The molecule has 0 unspecified atom stereocenters. The minimum Gasteiger partial charge on any atom is -0.494 e. The normalized spacial score (nSPS) is 10.2. The van der Waals surface area contributed by atoms with Gasteiger partial charge in [-0.15, -0.1) is 0 Å². The Morgan fingerprint density at radius 3 is 2.31 bits per heavy atom. The number of nitrogens with one attached hydrogen (secondary N) is 2. The number of ether oxygens (including phenoxy) is 1. The minimum atomic E-state index is -0.236. The Kier molecular flexibility index (Phi) is 7.00. The summed E-state index contributed by atoms with van der Waals surface area (Å²) in [5.74, 6) is 0.321. The van der Waals surface area contributed by atoms with Gasteiger partial charge in [-0.05, 0) is 48.4 Å². The van der Waals surface area contributed by atoms with Crippen LogP contribution < -0.4 is 15.4 Å². The lowest BCUT2D eigenvalue weighted by molar-refractivity contribution is -0.115. The zero-order chi connectivity index (χ0) is 20.5. The largest absolute Gasteiger partial charge is 0.494 e. The second-order valence-corrected chi connectivity index (χ2v) is 6.62. The van der Waals surface area contributed by atoms with Gasteiger partial charge in [0.15, 0.2) is 0 Å². The zero-order valence-electron chi connectivity index (χ0n) is 16.4. The summed E-state index contributed by atoms with van der Waals surface area (Å²) in [6, 6.07) is 23.7. The number of carbonyl (C=O) groups is 2. The molecule has 0 aliphatic carbocycles. The van der Waals surface area contributed by atoms with Gasteiger partial charge in [-0.1, -0.05) is 49.4 Å². The third kappa shape index (κ3) is 6.21. The van der Waals surface area contributed by atoms with Crippen molar-refractivity contribution in [3.8, 4) is 5.75 Å². The van der Waals surface area contributed by atoms with E-state index < -0.39 is 0 Å². The molecule has 3 aromatic rings. The highest BCUT2D eigenvalue weighted by Crippen LogP contribution is 2.18. The van der Waals surface area contributed by atoms with Crippen LogP contribution in [0.15, 0.2) is 78.9 Å². The fourth-order valence-corrected chi connectivity index (χ4v) is 2.81. The van der Waals surface area contributed by atoms with E-state index >= 15 is 0 Å². The molecule has 2 amide bonds. The summed E-state index contributed by atoms with van der Waals surface area (Å²) in [6.45, 7) is 2.64. The van der Waals surface area contributed by atoms with E-state index in [1.165, 1.54) is 0 Å². The van der Waals surface area contributed by atoms with E-state index in [0.717, 1.165) is 12.0 Å². The Hall–Kier alpha value is -3.60. The Morgan fingerprint density at radius 1 is 0.828 bits per heavy atom. The molecule has 5 nitrogen and oxygen atoms in total. The Labute approximate surface area is 170 Å². The highest BCUT2D eigenvalue weighted by atomic mass is 16.5. The minimum absolute atomic E-state index is 0.111. The quantitative estimate of drug-likeness (QED) is 0.576. The number of carbonyl (C=O) groups excluding carboxylic acids is 2. The fraction of sp³-hybridized carbons (Fsp3) is 0.167.